The molecule has 0 aliphatic carbocycles. The van der Waals surface area contributed by atoms with Gasteiger partial charge in [0.05, 0.1) is 33.9 Å². The van der Waals surface area contributed by atoms with Crippen LogP contribution in [0.1, 0.15) is 11.1 Å². The monoisotopic (exact) mass is 662 g/mol. The highest BCUT2D eigenvalue weighted by atomic mass is 14.7. The van der Waals surface area contributed by atoms with E-state index in [0.29, 0.717) is 22.5 Å². The number of nitrogens with zero attached hydrogens (tertiary/aromatic N) is 4. The van der Waals surface area contributed by atoms with Gasteiger partial charge >= 0.3 is 0 Å². The van der Waals surface area contributed by atoms with Gasteiger partial charge in [-0.1, -0.05) is 170 Å². The van der Waals surface area contributed by atoms with E-state index in [1.807, 2.05) is 133 Å². The van der Waals surface area contributed by atoms with Gasteiger partial charge in [0.15, 0.2) is 0 Å². The Bertz CT molecular complexity index is 2280. The summed E-state index contributed by atoms with van der Waals surface area (Å²) in [4.78, 5) is 10.1. The molecule has 52 heavy (non-hydrogen) atoms. The van der Waals surface area contributed by atoms with E-state index in [9.17, 15) is 10.5 Å². The zero-order valence-corrected chi connectivity index (χ0v) is 28.1. The minimum Gasteiger partial charge on any atom is -0.246 e. The van der Waals surface area contributed by atoms with Gasteiger partial charge in [-0.25, -0.2) is 9.97 Å². The molecule has 0 bridgehead atoms. The van der Waals surface area contributed by atoms with Gasteiger partial charge < -0.3 is 0 Å². The molecule has 2 aromatic heterocycles. The molecule has 8 aromatic rings. The van der Waals surface area contributed by atoms with Crippen molar-refractivity contribution in [2.45, 2.75) is 0 Å². The lowest BCUT2D eigenvalue weighted by molar-refractivity contribution is 1.30. The maximum atomic E-state index is 10.3. The number of hydrogen-bond acceptors (Lipinski definition) is 4. The first-order chi connectivity index (χ1) is 25.7. The Morgan fingerprint density at radius 3 is 0.904 bits per heavy atom. The largest absolute Gasteiger partial charge is 0.246 e. The maximum Gasteiger partial charge on any atom is 0.102 e. The molecule has 0 spiro atoms. The van der Waals surface area contributed by atoms with Crippen LogP contribution in [0.25, 0.3) is 78.4 Å². The summed E-state index contributed by atoms with van der Waals surface area (Å²) in [5, 5.41) is 20.6. The molecular weight excluding hydrogens is 633 g/mol. The molecule has 0 aliphatic heterocycles. The third-order valence-electron chi connectivity index (χ3n) is 9.22. The fourth-order valence-electron chi connectivity index (χ4n) is 6.58. The number of pyridine rings is 2. The van der Waals surface area contributed by atoms with Crippen molar-refractivity contribution >= 4 is 0 Å². The molecule has 242 valence electrons. The molecule has 0 N–H and O–H groups in total. The van der Waals surface area contributed by atoms with Crippen molar-refractivity contribution in [1.82, 2.24) is 9.97 Å². The number of nitriles is 2. The van der Waals surface area contributed by atoms with Crippen LogP contribution >= 0.6 is 0 Å². The number of benzene rings is 6. The summed E-state index contributed by atoms with van der Waals surface area (Å²) in [6.45, 7) is 0. The molecule has 4 heteroatoms. The minimum atomic E-state index is 0.557. The lowest BCUT2D eigenvalue weighted by Crippen LogP contribution is -1.97. The second-order valence-corrected chi connectivity index (χ2v) is 12.4. The van der Waals surface area contributed by atoms with E-state index in [-0.39, 0.29) is 0 Å². The minimum absolute atomic E-state index is 0.557. The van der Waals surface area contributed by atoms with E-state index >= 15 is 0 Å². The van der Waals surface area contributed by atoms with Crippen molar-refractivity contribution in [2.75, 3.05) is 0 Å². The van der Waals surface area contributed by atoms with Gasteiger partial charge in [0.1, 0.15) is 12.1 Å². The van der Waals surface area contributed by atoms with Crippen LogP contribution in [0.15, 0.2) is 182 Å². The zero-order chi connectivity index (χ0) is 35.3. The summed E-state index contributed by atoms with van der Waals surface area (Å²) in [6, 6.07) is 65.5. The SMILES string of the molecule is N#Cc1c(-c2ccccc2)cc(-c2ccc(-c3ccc(-c4cc(-c5ccccc5)c(C#N)c(-c5ccccc5)n4)cc3)cc2)nc1-c1ccccc1. The smallest absolute Gasteiger partial charge is 0.102 e. The summed E-state index contributed by atoms with van der Waals surface area (Å²) in [7, 11) is 0. The highest BCUT2D eigenvalue weighted by Crippen LogP contribution is 2.37. The molecule has 0 atom stereocenters. The summed E-state index contributed by atoms with van der Waals surface area (Å²) in [6.07, 6.45) is 0. The van der Waals surface area contributed by atoms with Gasteiger partial charge in [0.25, 0.3) is 0 Å². The third-order valence-corrected chi connectivity index (χ3v) is 9.22. The van der Waals surface area contributed by atoms with E-state index in [2.05, 4.69) is 60.7 Å². The summed E-state index contributed by atoms with van der Waals surface area (Å²) in [5.74, 6) is 0. The summed E-state index contributed by atoms with van der Waals surface area (Å²) in [5.41, 5.74) is 13.6. The maximum absolute atomic E-state index is 10.3. The van der Waals surface area contributed by atoms with Crippen LogP contribution in [0, 0.1) is 22.7 Å². The third kappa shape index (κ3) is 6.25. The molecule has 6 aromatic carbocycles. The summed E-state index contributed by atoms with van der Waals surface area (Å²) >= 11 is 0. The predicted molar refractivity (Wildman–Crippen MR) is 210 cm³/mol. The highest BCUT2D eigenvalue weighted by molar-refractivity contribution is 5.86. The first-order valence-corrected chi connectivity index (χ1v) is 17.0. The second kappa shape index (κ2) is 14.2. The lowest BCUT2D eigenvalue weighted by atomic mass is 9.93. The Hall–Kier alpha value is -7.40. The molecule has 0 amide bonds. The lowest BCUT2D eigenvalue weighted by Gasteiger charge is -2.14. The fourth-order valence-corrected chi connectivity index (χ4v) is 6.58. The average molecular weight is 663 g/mol. The molecule has 0 unspecified atom stereocenters. The second-order valence-electron chi connectivity index (χ2n) is 12.4. The predicted octanol–water partition coefficient (Wildman–Crippen LogP) is 11.9. The fraction of sp³-hybridized carbons (Fsp3) is 0. The number of aromatic nitrogens is 2. The van der Waals surface area contributed by atoms with Gasteiger partial charge in [0.2, 0.25) is 0 Å². The molecule has 4 nitrogen and oxygen atoms in total. The molecule has 8 rings (SSSR count). The molecule has 0 radical (unpaired) electrons. The normalized spacial score (nSPS) is 10.7. The van der Waals surface area contributed by atoms with Crippen LogP contribution in [-0.4, -0.2) is 9.97 Å². The van der Waals surface area contributed by atoms with Crippen LogP contribution in [-0.2, 0) is 0 Å². The molecular formula is C48H30N4. The Balaban J connectivity index is 1.15. The van der Waals surface area contributed by atoms with Crippen LogP contribution < -0.4 is 0 Å². The molecule has 0 saturated heterocycles. The van der Waals surface area contributed by atoms with Crippen LogP contribution in [0.2, 0.25) is 0 Å². The van der Waals surface area contributed by atoms with Crippen LogP contribution in [0.5, 0.6) is 0 Å². The van der Waals surface area contributed by atoms with E-state index < -0.39 is 0 Å². The molecule has 2 heterocycles. The number of hydrogen-bond donors (Lipinski definition) is 0. The quantitative estimate of drug-likeness (QED) is 0.170. The van der Waals surface area contributed by atoms with Crippen molar-refractivity contribution in [3.63, 3.8) is 0 Å². The van der Waals surface area contributed by atoms with E-state index in [1.165, 1.54) is 0 Å². The first-order valence-electron chi connectivity index (χ1n) is 17.0. The molecule has 0 saturated carbocycles. The van der Waals surface area contributed by atoms with Gasteiger partial charge in [-0.05, 0) is 34.4 Å². The van der Waals surface area contributed by atoms with E-state index in [0.717, 1.165) is 67.0 Å². The first kappa shape index (κ1) is 31.8. The van der Waals surface area contributed by atoms with Gasteiger partial charge in [-0.3, -0.25) is 0 Å². The summed E-state index contributed by atoms with van der Waals surface area (Å²) < 4.78 is 0. The number of rotatable bonds is 7. The van der Waals surface area contributed by atoms with Gasteiger partial charge in [-0.15, -0.1) is 0 Å². The molecule has 0 fully saturated rings. The Morgan fingerprint density at radius 1 is 0.308 bits per heavy atom. The Labute approximate surface area is 303 Å². The van der Waals surface area contributed by atoms with Crippen molar-refractivity contribution in [1.29, 1.82) is 10.5 Å². The van der Waals surface area contributed by atoms with Gasteiger partial charge in [-0.2, -0.15) is 10.5 Å². The van der Waals surface area contributed by atoms with E-state index in [1.54, 1.807) is 0 Å². The topological polar surface area (TPSA) is 73.4 Å². The van der Waals surface area contributed by atoms with Crippen molar-refractivity contribution in [3.8, 4) is 90.5 Å². The van der Waals surface area contributed by atoms with E-state index in [4.69, 9.17) is 9.97 Å². The highest BCUT2D eigenvalue weighted by Gasteiger charge is 2.18. The van der Waals surface area contributed by atoms with Crippen molar-refractivity contribution in [3.05, 3.63) is 193 Å². The molecule has 0 aliphatic rings. The zero-order valence-electron chi connectivity index (χ0n) is 28.1. The van der Waals surface area contributed by atoms with Crippen molar-refractivity contribution < 1.29 is 0 Å². The van der Waals surface area contributed by atoms with Gasteiger partial charge in [0, 0.05) is 33.4 Å². The van der Waals surface area contributed by atoms with Crippen molar-refractivity contribution in [2.24, 2.45) is 0 Å². The van der Waals surface area contributed by atoms with Crippen LogP contribution in [0.3, 0.4) is 0 Å². The average Bonchev–Trinajstić information content (AvgIpc) is 3.24. The standard InChI is InChI=1S/C48H30N4/c49-31-43-41(35-13-5-1-6-14-35)29-45(51-47(43)39-17-9-3-10-18-39)37-25-21-33(22-26-37)34-23-27-38(28-24-34)46-30-42(36-15-7-2-8-16-36)44(32-50)48(52-46)40-19-11-4-12-20-40/h1-30H. The Kier molecular flexibility index (Phi) is 8.71. The van der Waals surface area contributed by atoms with Crippen LogP contribution in [0.4, 0.5) is 0 Å². The Morgan fingerprint density at radius 2 is 0.596 bits per heavy atom.